The van der Waals surface area contributed by atoms with E-state index in [0.29, 0.717) is 5.56 Å². The van der Waals surface area contributed by atoms with Crippen LogP contribution in [-0.2, 0) is 6.54 Å². The lowest BCUT2D eigenvalue weighted by atomic mass is 10.3. The van der Waals surface area contributed by atoms with Crippen molar-refractivity contribution < 1.29 is 4.39 Å². The van der Waals surface area contributed by atoms with Crippen LogP contribution in [0.3, 0.4) is 0 Å². The van der Waals surface area contributed by atoms with Crippen molar-refractivity contribution in [1.82, 2.24) is 25.2 Å². The predicted octanol–water partition coefficient (Wildman–Crippen LogP) is -0.162. The Hall–Kier alpha value is -2.05. The molecular formula is C7H7FN6. The minimum atomic E-state index is -0.539. The summed E-state index contributed by atoms with van der Waals surface area (Å²) in [5.74, 6) is -0.393. The highest BCUT2D eigenvalue weighted by atomic mass is 19.1. The van der Waals surface area contributed by atoms with Crippen molar-refractivity contribution in [3.05, 3.63) is 29.8 Å². The molecule has 0 aromatic carbocycles. The van der Waals surface area contributed by atoms with Gasteiger partial charge in [0.15, 0.2) is 0 Å². The molecule has 0 saturated heterocycles. The monoisotopic (exact) mass is 194 g/mol. The summed E-state index contributed by atoms with van der Waals surface area (Å²) in [7, 11) is 0. The van der Waals surface area contributed by atoms with Gasteiger partial charge >= 0.3 is 0 Å². The molecule has 0 saturated carbocycles. The summed E-state index contributed by atoms with van der Waals surface area (Å²) < 4.78 is 14.4. The lowest BCUT2D eigenvalue weighted by molar-refractivity contribution is 0.546. The number of pyridine rings is 1. The SMILES string of the molecule is Nc1nnnn1Cc1cccnc1F. The van der Waals surface area contributed by atoms with Gasteiger partial charge in [0.1, 0.15) is 0 Å². The smallest absolute Gasteiger partial charge is 0.240 e. The van der Waals surface area contributed by atoms with Gasteiger partial charge in [-0.15, -0.1) is 0 Å². The average molecular weight is 194 g/mol. The van der Waals surface area contributed by atoms with E-state index in [1.54, 1.807) is 12.1 Å². The van der Waals surface area contributed by atoms with Gasteiger partial charge in [-0.05, 0) is 16.5 Å². The number of hydrogen-bond acceptors (Lipinski definition) is 5. The highest BCUT2D eigenvalue weighted by Crippen LogP contribution is 2.06. The molecule has 72 valence electrons. The van der Waals surface area contributed by atoms with Gasteiger partial charge in [0.05, 0.1) is 6.54 Å². The van der Waals surface area contributed by atoms with Crippen LogP contribution in [0.25, 0.3) is 0 Å². The van der Waals surface area contributed by atoms with Gasteiger partial charge < -0.3 is 5.73 Å². The molecule has 0 unspecified atom stereocenters. The highest BCUT2D eigenvalue weighted by molar-refractivity contribution is 5.16. The van der Waals surface area contributed by atoms with E-state index in [1.165, 1.54) is 10.9 Å². The molecule has 2 rings (SSSR count). The van der Waals surface area contributed by atoms with Gasteiger partial charge in [-0.2, -0.15) is 4.39 Å². The Morgan fingerprint density at radius 3 is 3.00 bits per heavy atom. The molecule has 0 aliphatic heterocycles. The Labute approximate surface area is 78.6 Å². The molecule has 0 aliphatic rings. The molecule has 2 heterocycles. The van der Waals surface area contributed by atoms with Crippen molar-refractivity contribution >= 4 is 5.95 Å². The lowest BCUT2D eigenvalue weighted by Gasteiger charge is -2.01. The number of tetrazole rings is 1. The van der Waals surface area contributed by atoms with Gasteiger partial charge in [-0.1, -0.05) is 11.2 Å². The summed E-state index contributed by atoms with van der Waals surface area (Å²) in [5.41, 5.74) is 5.82. The summed E-state index contributed by atoms with van der Waals surface area (Å²) in [4.78, 5) is 3.50. The summed E-state index contributed by atoms with van der Waals surface area (Å²) in [6.07, 6.45) is 1.38. The molecule has 0 atom stereocenters. The lowest BCUT2D eigenvalue weighted by Crippen LogP contribution is -2.08. The zero-order chi connectivity index (χ0) is 9.97. The van der Waals surface area contributed by atoms with E-state index in [-0.39, 0.29) is 12.5 Å². The number of halogens is 1. The fourth-order valence-electron chi connectivity index (χ4n) is 1.02. The topological polar surface area (TPSA) is 82.5 Å². The van der Waals surface area contributed by atoms with E-state index in [1.807, 2.05) is 0 Å². The number of nitrogens with two attached hydrogens (primary N) is 1. The number of nitrogens with zero attached hydrogens (tertiary/aromatic N) is 5. The van der Waals surface area contributed by atoms with Crippen molar-refractivity contribution in [2.45, 2.75) is 6.54 Å². The summed E-state index contributed by atoms with van der Waals surface area (Å²) in [6.45, 7) is 0.179. The molecule has 0 bridgehead atoms. The molecule has 2 aromatic rings. The van der Waals surface area contributed by atoms with Crippen LogP contribution in [0.4, 0.5) is 10.3 Å². The Balaban J connectivity index is 2.28. The van der Waals surface area contributed by atoms with Crippen LogP contribution in [0, 0.1) is 5.95 Å². The first-order valence-electron chi connectivity index (χ1n) is 3.88. The van der Waals surface area contributed by atoms with E-state index in [4.69, 9.17) is 5.73 Å². The molecule has 0 aliphatic carbocycles. The summed E-state index contributed by atoms with van der Waals surface area (Å²) in [5, 5.41) is 10.4. The third-order valence-electron chi connectivity index (χ3n) is 1.72. The Morgan fingerprint density at radius 2 is 2.36 bits per heavy atom. The van der Waals surface area contributed by atoms with Crippen molar-refractivity contribution in [2.75, 3.05) is 5.73 Å². The number of nitrogen functional groups attached to an aromatic ring is 1. The fourth-order valence-corrected chi connectivity index (χ4v) is 1.02. The third-order valence-corrected chi connectivity index (χ3v) is 1.72. The largest absolute Gasteiger partial charge is 0.367 e. The van der Waals surface area contributed by atoms with Gasteiger partial charge in [0.2, 0.25) is 11.9 Å². The molecule has 7 heteroatoms. The Bertz CT molecular complexity index is 439. The number of anilines is 1. The van der Waals surface area contributed by atoms with Crippen LogP contribution in [0.1, 0.15) is 5.56 Å². The van der Waals surface area contributed by atoms with Crippen LogP contribution in [-0.4, -0.2) is 25.2 Å². The molecule has 2 aromatic heterocycles. The fraction of sp³-hybridized carbons (Fsp3) is 0.143. The second kappa shape index (κ2) is 3.36. The van der Waals surface area contributed by atoms with Gasteiger partial charge in [-0.3, -0.25) is 0 Å². The van der Waals surface area contributed by atoms with Crippen molar-refractivity contribution in [3.63, 3.8) is 0 Å². The van der Waals surface area contributed by atoms with Gasteiger partial charge in [0.25, 0.3) is 0 Å². The minimum absolute atomic E-state index is 0.147. The van der Waals surface area contributed by atoms with Gasteiger partial charge in [-0.25, -0.2) is 9.67 Å². The first-order valence-corrected chi connectivity index (χ1v) is 3.88. The van der Waals surface area contributed by atoms with Crippen molar-refractivity contribution in [1.29, 1.82) is 0 Å². The number of aromatic nitrogens is 5. The Morgan fingerprint density at radius 1 is 1.50 bits per heavy atom. The van der Waals surface area contributed by atoms with E-state index >= 15 is 0 Å². The van der Waals surface area contributed by atoms with Crippen LogP contribution < -0.4 is 5.73 Å². The maximum Gasteiger partial charge on any atom is 0.240 e. The van der Waals surface area contributed by atoms with Crippen LogP contribution in [0.2, 0.25) is 0 Å². The molecule has 0 fully saturated rings. The predicted molar refractivity (Wildman–Crippen MR) is 45.5 cm³/mol. The first-order chi connectivity index (χ1) is 6.77. The molecule has 14 heavy (non-hydrogen) atoms. The number of rotatable bonds is 2. The average Bonchev–Trinajstić information content (AvgIpc) is 2.56. The van der Waals surface area contributed by atoms with Crippen molar-refractivity contribution in [3.8, 4) is 0 Å². The maximum absolute atomic E-state index is 13.1. The molecule has 6 nitrogen and oxygen atoms in total. The zero-order valence-corrected chi connectivity index (χ0v) is 7.13. The standard InChI is InChI=1S/C7H7FN6/c8-6-5(2-1-3-10-6)4-14-7(9)11-12-13-14/h1-3H,4H2,(H2,9,11,13). The molecule has 0 amide bonds. The second-order valence-electron chi connectivity index (χ2n) is 2.65. The number of hydrogen-bond donors (Lipinski definition) is 1. The first kappa shape index (κ1) is 8.54. The molecule has 2 N–H and O–H groups in total. The second-order valence-corrected chi connectivity index (χ2v) is 2.65. The summed E-state index contributed by atoms with van der Waals surface area (Å²) in [6, 6.07) is 3.24. The van der Waals surface area contributed by atoms with E-state index < -0.39 is 5.95 Å². The molecule has 0 radical (unpaired) electrons. The van der Waals surface area contributed by atoms with Crippen molar-refractivity contribution in [2.24, 2.45) is 0 Å². The highest BCUT2D eigenvalue weighted by Gasteiger charge is 2.06. The molecule has 0 spiro atoms. The van der Waals surface area contributed by atoms with Crippen LogP contribution in [0.5, 0.6) is 0 Å². The zero-order valence-electron chi connectivity index (χ0n) is 7.13. The quantitative estimate of drug-likeness (QED) is 0.671. The van der Waals surface area contributed by atoms with E-state index in [2.05, 4.69) is 20.5 Å². The van der Waals surface area contributed by atoms with Gasteiger partial charge in [0, 0.05) is 11.8 Å². The minimum Gasteiger partial charge on any atom is -0.367 e. The summed E-state index contributed by atoms with van der Waals surface area (Å²) >= 11 is 0. The van der Waals surface area contributed by atoms with Crippen LogP contribution >= 0.6 is 0 Å². The van der Waals surface area contributed by atoms with E-state index in [0.717, 1.165) is 0 Å². The normalized spacial score (nSPS) is 10.4. The Kier molecular flexibility index (Phi) is 2.05. The van der Waals surface area contributed by atoms with E-state index in [9.17, 15) is 4.39 Å². The maximum atomic E-state index is 13.1. The molecular weight excluding hydrogens is 187 g/mol. The third kappa shape index (κ3) is 1.51. The van der Waals surface area contributed by atoms with Crippen LogP contribution in [0.15, 0.2) is 18.3 Å².